The van der Waals surface area contributed by atoms with Crippen molar-refractivity contribution in [3.8, 4) is 11.3 Å². The Balaban J connectivity index is 1.93. The smallest absolute Gasteiger partial charge is 0.223 e. The summed E-state index contributed by atoms with van der Waals surface area (Å²) in [6, 6.07) is 5.82. The molecule has 4 N–H and O–H groups in total. The number of halogens is 1. The monoisotopic (exact) mass is 319 g/mol. The van der Waals surface area contributed by atoms with Gasteiger partial charge < -0.3 is 16.2 Å². The number of rotatable bonds is 4. The van der Waals surface area contributed by atoms with Gasteiger partial charge >= 0.3 is 0 Å². The third-order valence-electron chi connectivity index (χ3n) is 3.94. The fourth-order valence-electron chi connectivity index (χ4n) is 2.86. The van der Waals surface area contributed by atoms with Gasteiger partial charge in [0.2, 0.25) is 5.95 Å². The van der Waals surface area contributed by atoms with Crippen LogP contribution in [0.25, 0.3) is 11.3 Å². The van der Waals surface area contributed by atoms with Crippen LogP contribution in [0.15, 0.2) is 24.4 Å². The second kappa shape index (κ2) is 6.46. The molecule has 22 heavy (non-hydrogen) atoms. The van der Waals surface area contributed by atoms with Crippen molar-refractivity contribution in [1.29, 1.82) is 0 Å². The van der Waals surface area contributed by atoms with Gasteiger partial charge in [-0.1, -0.05) is 17.7 Å². The molecule has 0 saturated heterocycles. The minimum Gasteiger partial charge on any atom is -0.396 e. The van der Waals surface area contributed by atoms with Crippen molar-refractivity contribution in [3.05, 3.63) is 29.5 Å². The summed E-state index contributed by atoms with van der Waals surface area (Å²) in [6.07, 6.45) is 4.58. The first-order valence-corrected chi connectivity index (χ1v) is 7.67. The first kappa shape index (κ1) is 15.0. The normalized spacial score (nSPS) is 21.0. The average Bonchev–Trinajstić information content (AvgIpc) is 2.95. The van der Waals surface area contributed by atoms with Gasteiger partial charge in [-0.2, -0.15) is 4.98 Å². The van der Waals surface area contributed by atoms with Crippen molar-refractivity contribution in [1.82, 2.24) is 15.0 Å². The van der Waals surface area contributed by atoms with E-state index in [1.54, 1.807) is 6.20 Å². The third-order valence-corrected chi connectivity index (χ3v) is 4.22. The van der Waals surface area contributed by atoms with Gasteiger partial charge in [0, 0.05) is 18.8 Å². The quantitative estimate of drug-likeness (QED) is 0.748. The lowest BCUT2D eigenvalue weighted by atomic mass is 10.1. The summed E-state index contributed by atoms with van der Waals surface area (Å²) in [5.74, 6) is 1.06. The molecule has 0 bridgehead atoms. The topological polar surface area (TPSA) is 97.0 Å². The molecule has 7 heteroatoms. The SMILES string of the molecule is Nc1nc(Cl)c(-c2ccccn2)c(N[C@H]2CC[C@@H](CO)C2)n1. The van der Waals surface area contributed by atoms with E-state index in [4.69, 9.17) is 17.3 Å². The van der Waals surface area contributed by atoms with Crippen LogP contribution in [0.2, 0.25) is 5.15 Å². The van der Waals surface area contributed by atoms with Gasteiger partial charge in [0.25, 0.3) is 0 Å². The molecule has 0 unspecified atom stereocenters. The molecule has 116 valence electrons. The number of hydrogen-bond donors (Lipinski definition) is 3. The Bertz CT molecular complexity index is 652. The number of hydrogen-bond acceptors (Lipinski definition) is 6. The van der Waals surface area contributed by atoms with Crippen LogP contribution in [0.5, 0.6) is 0 Å². The molecule has 2 aromatic heterocycles. The maximum Gasteiger partial charge on any atom is 0.223 e. The van der Waals surface area contributed by atoms with E-state index in [1.165, 1.54) is 0 Å². The van der Waals surface area contributed by atoms with Crippen LogP contribution in [0.4, 0.5) is 11.8 Å². The Labute approximate surface area is 133 Å². The molecule has 0 radical (unpaired) electrons. The van der Waals surface area contributed by atoms with Crippen molar-refractivity contribution in [2.75, 3.05) is 17.7 Å². The molecule has 6 nitrogen and oxygen atoms in total. The first-order chi connectivity index (χ1) is 10.7. The van der Waals surface area contributed by atoms with Gasteiger partial charge in [0.15, 0.2) is 0 Å². The van der Waals surface area contributed by atoms with E-state index >= 15 is 0 Å². The lowest BCUT2D eigenvalue weighted by Gasteiger charge is -2.17. The number of aromatic nitrogens is 3. The maximum atomic E-state index is 9.27. The Morgan fingerprint density at radius 3 is 2.86 bits per heavy atom. The van der Waals surface area contributed by atoms with Crippen LogP contribution < -0.4 is 11.1 Å². The molecule has 2 heterocycles. The second-order valence-electron chi connectivity index (χ2n) is 5.51. The molecular formula is C15H18ClN5O. The summed E-state index contributed by atoms with van der Waals surface area (Å²) in [5.41, 5.74) is 7.08. The zero-order chi connectivity index (χ0) is 15.5. The fraction of sp³-hybridized carbons (Fsp3) is 0.400. The van der Waals surface area contributed by atoms with Crippen LogP contribution >= 0.6 is 11.6 Å². The number of aliphatic hydroxyl groups is 1. The number of nitrogens with one attached hydrogen (secondary N) is 1. The minimum atomic E-state index is 0.129. The predicted molar refractivity (Wildman–Crippen MR) is 86.5 cm³/mol. The Morgan fingerprint density at radius 2 is 2.18 bits per heavy atom. The second-order valence-corrected chi connectivity index (χ2v) is 5.87. The molecule has 2 atom stereocenters. The highest BCUT2D eigenvalue weighted by atomic mass is 35.5. The molecule has 1 aliphatic carbocycles. The van der Waals surface area contributed by atoms with Crippen LogP contribution in [0.1, 0.15) is 19.3 Å². The number of pyridine rings is 1. The van der Waals surface area contributed by atoms with Gasteiger partial charge in [0.05, 0.1) is 11.3 Å². The highest BCUT2D eigenvalue weighted by molar-refractivity contribution is 6.32. The molecule has 2 aromatic rings. The number of nitrogen functional groups attached to an aromatic ring is 1. The van der Waals surface area contributed by atoms with Crippen LogP contribution in [0.3, 0.4) is 0 Å². The third kappa shape index (κ3) is 3.13. The van der Waals surface area contributed by atoms with E-state index < -0.39 is 0 Å². The van der Waals surface area contributed by atoms with Crippen molar-refractivity contribution >= 4 is 23.4 Å². The summed E-state index contributed by atoms with van der Waals surface area (Å²) in [6.45, 7) is 0.220. The van der Waals surface area contributed by atoms with E-state index in [0.29, 0.717) is 23.0 Å². The molecule has 0 amide bonds. The number of aliphatic hydroxyl groups excluding tert-OH is 1. The van der Waals surface area contributed by atoms with Crippen LogP contribution in [-0.2, 0) is 0 Å². The standard InChI is InChI=1S/C15H18ClN5O/c16-13-12(11-3-1-2-6-18-11)14(21-15(17)20-13)19-10-5-4-9(7-10)8-22/h1-3,6,9-10,22H,4-5,7-8H2,(H3,17,19,20,21)/t9-,10+/m1/s1. The zero-order valence-corrected chi connectivity index (χ0v) is 12.8. The highest BCUT2D eigenvalue weighted by Crippen LogP contribution is 2.34. The first-order valence-electron chi connectivity index (χ1n) is 7.29. The van der Waals surface area contributed by atoms with Gasteiger partial charge in [-0.25, -0.2) is 4.98 Å². The van der Waals surface area contributed by atoms with Crippen LogP contribution in [0, 0.1) is 5.92 Å². The van der Waals surface area contributed by atoms with Crippen molar-refractivity contribution < 1.29 is 5.11 Å². The predicted octanol–water partition coefficient (Wildman–Crippen LogP) is 2.35. The lowest BCUT2D eigenvalue weighted by Crippen LogP contribution is -2.18. The summed E-state index contributed by atoms with van der Waals surface area (Å²) in [5, 5.41) is 12.9. The average molecular weight is 320 g/mol. The maximum absolute atomic E-state index is 9.27. The number of nitrogens with zero attached hydrogens (tertiary/aromatic N) is 3. The fourth-order valence-corrected chi connectivity index (χ4v) is 3.13. The van der Waals surface area contributed by atoms with Gasteiger partial charge in [-0.3, -0.25) is 4.98 Å². The minimum absolute atomic E-state index is 0.129. The molecule has 0 spiro atoms. The van der Waals surface area contributed by atoms with Gasteiger partial charge in [0.1, 0.15) is 11.0 Å². The highest BCUT2D eigenvalue weighted by Gasteiger charge is 2.26. The Kier molecular flexibility index (Phi) is 4.40. The van der Waals surface area contributed by atoms with E-state index in [2.05, 4.69) is 20.3 Å². The summed E-state index contributed by atoms with van der Waals surface area (Å²) in [7, 11) is 0. The van der Waals surface area contributed by atoms with E-state index in [9.17, 15) is 5.11 Å². The molecule has 1 aliphatic rings. The summed E-state index contributed by atoms with van der Waals surface area (Å²) in [4.78, 5) is 12.6. The largest absolute Gasteiger partial charge is 0.396 e. The van der Waals surface area contributed by atoms with E-state index in [-0.39, 0.29) is 23.8 Å². The molecule has 0 aliphatic heterocycles. The summed E-state index contributed by atoms with van der Waals surface area (Å²) < 4.78 is 0. The molecule has 1 saturated carbocycles. The Morgan fingerprint density at radius 1 is 1.32 bits per heavy atom. The van der Waals surface area contributed by atoms with Crippen LogP contribution in [-0.4, -0.2) is 32.7 Å². The molecule has 1 fully saturated rings. The molecule has 3 rings (SSSR count). The van der Waals surface area contributed by atoms with Crippen molar-refractivity contribution in [3.63, 3.8) is 0 Å². The number of anilines is 2. The Hall–Kier alpha value is -1.92. The van der Waals surface area contributed by atoms with E-state index in [1.807, 2.05) is 18.2 Å². The van der Waals surface area contributed by atoms with Gasteiger partial charge in [-0.05, 0) is 37.3 Å². The van der Waals surface area contributed by atoms with Gasteiger partial charge in [-0.15, -0.1) is 0 Å². The zero-order valence-electron chi connectivity index (χ0n) is 12.0. The summed E-state index contributed by atoms with van der Waals surface area (Å²) >= 11 is 6.26. The van der Waals surface area contributed by atoms with E-state index in [0.717, 1.165) is 19.3 Å². The van der Waals surface area contributed by atoms with Crippen molar-refractivity contribution in [2.24, 2.45) is 5.92 Å². The van der Waals surface area contributed by atoms with Crippen molar-refractivity contribution in [2.45, 2.75) is 25.3 Å². The number of nitrogens with two attached hydrogens (primary N) is 1. The molecule has 0 aromatic carbocycles. The molecular weight excluding hydrogens is 302 g/mol. The lowest BCUT2D eigenvalue weighted by molar-refractivity contribution is 0.229.